The Morgan fingerprint density at radius 1 is 0.500 bits per heavy atom. The number of alkyl halides is 1. The zero-order valence-electron chi connectivity index (χ0n) is 51.1. The Morgan fingerprint density at radius 2 is 0.878 bits per heavy atom. The van der Waals surface area contributed by atoms with Crippen molar-refractivity contribution in [1.29, 1.82) is 0 Å². The van der Waals surface area contributed by atoms with Crippen LogP contribution in [-0.2, 0) is 76.1 Å². The van der Waals surface area contributed by atoms with Crippen molar-refractivity contribution in [2.24, 2.45) is 0 Å². The fraction of sp³-hybridized carbons (Fsp3) is 0.288. The number of nitrogens with zero attached hydrogens (tertiary/aromatic N) is 3. The van der Waals surface area contributed by atoms with Crippen molar-refractivity contribution in [2.45, 2.75) is 119 Å². The number of para-hydroxylation sites is 6. The number of hydrogen-bond acceptors (Lipinski definition) is 12. The maximum atomic E-state index is 6.86. The van der Waals surface area contributed by atoms with Gasteiger partial charge in [-0.25, -0.2) is 0 Å². The summed E-state index contributed by atoms with van der Waals surface area (Å²) < 4.78 is 52.0. The molecule has 6 heterocycles. The molecule has 90 heavy (non-hydrogen) atoms. The standard InChI is InChI=1S/C19H18BClNO3.C19H18BNO3.C13H14NO.C6H4BClO2.C3H8ClI.2C3H7.3Au.2HI/c1-2-3-11-17-18(19(22-25-17)14-9-5-4-6-10-14)20(21)23-15-12-7-8-13-16(15)24-20;1-2-3-11-17-18(19(21-24-17)14-9-5-4-6-10-14)20-22-15-12-7-8-13-16(15)23-20;1-2-3-9-12-10-13(14-15-12)11-7-5-4-6-8-11;8-7-9-5-3-1-2-4-6(5)10-7;1-2-3-5-4;2*1-3-2;;;;;/h4-10,12-13H,2-3,11H2,1H3;4-10,12-13H,2-3,11H2,1H3;4-8H,2-3,9H2,1H3;1-4H;5H,2-3H2,1H3;2*1,3H2,2H3;;;;2*1H/q-1;;-1;;;2*-1;;2*+1;;/p-2. The number of fused-ring (bicyclic) bond motifs is 3. The molecule has 9 aromatic rings. The van der Waals surface area contributed by atoms with Crippen molar-refractivity contribution in [3.63, 3.8) is 0 Å². The van der Waals surface area contributed by atoms with E-state index >= 15 is 0 Å². The molecule has 0 saturated heterocycles. The van der Waals surface area contributed by atoms with E-state index in [9.17, 15) is 0 Å². The zero-order chi connectivity index (χ0) is 64.7. The summed E-state index contributed by atoms with van der Waals surface area (Å²) in [6.45, 7) is 19.0. The second-order valence-electron chi connectivity index (χ2n) is 19.3. The van der Waals surface area contributed by atoms with Gasteiger partial charge in [0.1, 0.15) is 51.7 Å². The molecule has 0 saturated carbocycles. The molecule has 1 radical (unpaired) electrons. The number of rotatable bonds is 16. The molecule has 0 fully saturated rings. The van der Waals surface area contributed by atoms with Gasteiger partial charge in [0, 0.05) is 52.1 Å². The van der Waals surface area contributed by atoms with Crippen LogP contribution in [-0.4, -0.2) is 39.5 Å². The third-order valence-electron chi connectivity index (χ3n) is 12.4. The molecular formula is C66H76Au3B3Cl3I3N3O9-4. The fourth-order valence-corrected chi connectivity index (χ4v) is 10.5. The van der Waals surface area contributed by atoms with Crippen LogP contribution in [0.5, 0.6) is 34.5 Å². The monoisotopic (exact) mass is 2160 g/mol. The van der Waals surface area contributed by atoms with Gasteiger partial charge in [0.05, 0.1) is 11.2 Å². The molecule has 12 nitrogen and oxygen atoms in total. The number of benzene rings is 6. The van der Waals surface area contributed by atoms with Crippen LogP contribution in [0.3, 0.4) is 0 Å². The van der Waals surface area contributed by atoms with Gasteiger partial charge >= 0.3 is 139 Å². The van der Waals surface area contributed by atoms with Crippen molar-refractivity contribution in [3.8, 4) is 68.3 Å². The first-order valence-electron chi connectivity index (χ1n) is 29.4. The van der Waals surface area contributed by atoms with Crippen LogP contribution < -0.4 is 38.9 Å². The summed E-state index contributed by atoms with van der Waals surface area (Å²) in [6, 6.07) is 55.6. The molecule has 0 unspecified atom stereocenters. The van der Waals surface area contributed by atoms with E-state index in [-0.39, 0.29) is 42.5 Å². The van der Waals surface area contributed by atoms with E-state index in [1.807, 2.05) is 178 Å². The van der Waals surface area contributed by atoms with Gasteiger partial charge in [0.15, 0.2) is 0 Å². The Bertz CT molecular complexity index is 3240. The molecule has 0 spiro atoms. The molecule has 24 heteroatoms. The minimum atomic E-state index is -2.26. The van der Waals surface area contributed by atoms with E-state index in [2.05, 4.69) is 136 Å². The van der Waals surface area contributed by atoms with Crippen LogP contribution in [0.1, 0.15) is 117 Å². The molecule has 0 atom stereocenters. The first kappa shape index (κ1) is 81.5. The van der Waals surface area contributed by atoms with Crippen molar-refractivity contribution in [1.82, 2.24) is 15.5 Å². The van der Waals surface area contributed by atoms with E-state index in [1.165, 1.54) is 10.8 Å². The molecule has 0 N–H and O–H groups in total. The van der Waals surface area contributed by atoms with Crippen LogP contribution in [0.25, 0.3) is 33.8 Å². The average Bonchev–Trinajstić information content (AvgIpc) is 1.62. The summed E-state index contributed by atoms with van der Waals surface area (Å²) in [6.07, 6.45) is 12.2. The fourth-order valence-electron chi connectivity index (χ4n) is 8.43. The Hall–Kier alpha value is -2.77. The molecule has 3 aliphatic rings. The van der Waals surface area contributed by atoms with E-state index in [0.717, 1.165) is 133 Å². The van der Waals surface area contributed by atoms with E-state index in [1.54, 1.807) is 0 Å². The third kappa shape index (κ3) is 26.4. The maximum absolute atomic E-state index is 6.86. The van der Waals surface area contributed by atoms with Crippen LogP contribution >= 0.6 is 89.9 Å². The molecule has 0 aliphatic carbocycles. The first-order valence-corrected chi connectivity index (χ1v) is 47.2. The summed E-state index contributed by atoms with van der Waals surface area (Å²) in [5, 5.41) is 12.6. The van der Waals surface area contributed by atoms with E-state index in [4.69, 9.17) is 73.3 Å². The number of aromatic nitrogens is 3. The topological polar surface area (TPSA) is 133 Å². The normalized spacial score (nSPS) is 11.8. The quantitative estimate of drug-likeness (QED) is 0.0395. The van der Waals surface area contributed by atoms with Crippen molar-refractivity contribution in [3.05, 3.63) is 201 Å². The molecule has 0 amide bonds. The number of unbranched alkanes of at least 4 members (excludes halogenated alkanes) is 3. The van der Waals surface area contributed by atoms with Gasteiger partial charge in [-0.05, 0) is 67.5 Å². The molecule has 12 rings (SSSR count). The van der Waals surface area contributed by atoms with Gasteiger partial charge in [0.25, 0.3) is 0 Å². The molecular weight excluding hydrogens is 2090 g/mol. The molecule has 3 aromatic heterocycles. The summed E-state index contributed by atoms with van der Waals surface area (Å²) in [5.74, 6) is 4.37. The van der Waals surface area contributed by atoms with Crippen molar-refractivity contribution in [2.75, 3.05) is 4.43 Å². The number of hydrogen-bond donors (Lipinski definition) is 0. The van der Waals surface area contributed by atoms with Crippen LogP contribution in [0.2, 0.25) is 0 Å². The summed E-state index contributed by atoms with van der Waals surface area (Å²) in [5.41, 5.74) is 6.86. The average molecular weight is 2170 g/mol. The Kier molecular flexibility index (Phi) is 43.4. The minimum absolute atomic E-state index is 0. The predicted molar refractivity (Wildman–Crippen MR) is 388 cm³/mol. The number of aryl methyl sites for hydroxylation is 3. The van der Waals surface area contributed by atoms with Crippen LogP contribution in [0.4, 0.5) is 0 Å². The Balaban J connectivity index is 0.000000300. The summed E-state index contributed by atoms with van der Waals surface area (Å²) >= 11 is 21.0. The second-order valence-corrected chi connectivity index (χ2v) is 23.5. The molecule has 497 valence electrons. The van der Waals surface area contributed by atoms with Gasteiger partial charge in [-0.15, -0.1) is 22.9 Å². The van der Waals surface area contributed by atoms with Crippen molar-refractivity contribution >= 4 is 120 Å². The molecule has 6 aromatic carbocycles. The zero-order valence-corrected chi connectivity index (χ0v) is 66.6. The van der Waals surface area contributed by atoms with Gasteiger partial charge in [-0.3, -0.25) is 11.5 Å². The summed E-state index contributed by atoms with van der Waals surface area (Å²) in [7, 11) is 4.91. The SMILES string of the molecule is CCCCc1[c-]c(-c2ccccc2)no1.CCCCc1onc(-c2ccccc2)c1B1Oc2ccccc2O1.CCCCc1onc(-c2ccccc2)c1[B-]1(Cl)Oc2ccccc2O1.CCC[IH]Cl.ClB1Oc2ccccc2O1.[Au].[CH2-]CC.[CH2-]CC.[I][Au].[I][Au]. The predicted octanol–water partition coefficient (Wildman–Crippen LogP) is 20.0. The molecule has 0 bridgehead atoms. The van der Waals surface area contributed by atoms with Crippen molar-refractivity contribution < 1.29 is 98.4 Å². The number of halogens is 6. The van der Waals surface area contributed by atoms with Gasteiger partial charge in [0.2, 0.25) is 0 Å². The van der Waals surface area contributed by atoms with Crippen LogP contribution in [0, 0.1) is 19.9 Å². The Labute approximate surface area is 619 Å². The third-order valence-corrected chi connectivity index (χ3v) is 15.6. The van der Waals surface area contributed by atoms with Crippen LogP contribution in [0.15, 0.2) is 177 Å². The Morgan fingerprint density at radius 3 is 1.31 bits per heavy atom. The van der Waals surface area contributed by atoms with E-state index in [0.29, 0.717) is 34.2 Å². The van der Waals surface area contributed by atoms with E-state index < -0.39 is 19.6 Å². The van der Waals surface area contributed by atoms with Gasteiger partial charge in [-0.1, -0.05) is 197 Å². The first-order chi connectivity index (χ1) is 43.6. The molecule has 3 aliphatic heterocycles. The summed E-state index contributed by atoms with van der Waals surface area (Å²) in [4.78, 5) is 0. The second kappa shape index (κ2) is 48.0. The van der Waals surface area contributed by atoms with Gasteiger partial charge < -0.3 is 55.3 Å². The van der Waals surface area contributed by atoms with Gasteiger partial charge in [-0.2, -0.15) is 18.9 Å².